The minimum absolute atomic E-state index is 0.228. The number of fused-ring (bicyclic) bond motifs is 1. The summed E-state index contributed by atoms with van der Waals surface area (Å²) in [5.74, 6) is 0.471. The third kappa shape index (κ3) is 5.90. The molecule has 0 bridgehead atoms. The summed E-state index contributed by atoms with van der Waals surface area (Å²) in [6.45, 7) is 11.9. The van der Waals surface area contributed by atoms with Crippen molar-refractivity contribution in [3.05, 3.63) is 53.4 Å². The minimum Gasteiger partial charge on any atom is -0.444 e. The van der Waals surface area contributed by atoms with Crippen molar-refractivity contribution in [2.45, 2.75) is 59.6 Å². The van der Waals surface area contributed by atoms with E-state index >= 15 is 0 Å². The number of aromatic nitrogens is 2. The smallest absolute Gasteiger partial charge is 0.410 e. The van der Waals surface area contributed by atoms with E-state index in [0.717, 1.165) is 41.4 Å². The molecule has 0 N–H and O–H groups in total. The molecular formula is C27H33ClN4O2. The van der Waals surface area contributed by atoms with Crippen LogP contribution in [0.25, 0.3) is 22.0 Å². The topological polar surface area (TPSA) is 71.2 Å². The third-order valence-electron chi connectivity index (χ3n) is 5.81. The predicted octanol–water partition coefficient (Wildman–Crippen LogP) is 6.90. The second kappa shape index (κ2) is 10.9. The number of rotatable bonds is 3. The van der Waals surface area contributed by atoms with Crippen LogP contribution >= 0.6 is 11.6 Å². The molecule has 1 aromatic carbocycles. The number of nitrogens with zero attached hydrogens (tertiary/aromatic N) is 4. The number of likely N-dealkylation sites (tertiary alicyclic amines) is 1. The summed E-state index contributed by atoms with van der Waals surface area (Å²) in [5, 5.41) is 10.6. The Morgan fingerprint density at radius 3 is 2.41 bits per heavy atom. The molecule has 1 aliphatic heterocycles. The molecule has 4 rings (SSSR count). The fourth-order valence-corrected chi connectivity index (χ4v) is 4.44. The van der Waals surface area contributed by atoms with Crippen LogP contribution in [0.4, 0.5) is 4.79 Å². The Bertz CT molecular complexity index is 1160. The summed E-state index contributed by atoms with van der Waals surface area (Å²) in [6, 6.07) is 11.6. The molecule has 0 atom stereocenters. The summed E-state index contributed by atoms with van der Waals surface area (Å²) in [7, 11) is 0. The van der Waals surface area contributed by atoms with Crippen LogP contribution in [-0.2, 0) is 11.3 Å². The Hall–Kier alpha value is -3.04. The van der Waals surface area contributed by atoms with Crippen LogP contribution < -0.4 is 0 Å². The van der Waals surface area contributed by atoms with Gasteiger partial charge < -0.3 is 14.2 Å². The molecule has 0 aliphatic carbocycles. The molecule has 0 saturated carbocycles. The molecule has 2 aromatic heterocycles. The largest absolute Gasteiger partial charge is 0.444 e. The first-order valence-electron chi connectivity index (χ1n) is 11.9. The van der Waals surface area contributed by atoms with Crippen LogP contribution in [0.15, 0.2) is 42.7 Å². The number of carbonyl (C=O) groups excluding carboxylic acids is 1. The number of nitriles is 1. The summed E-state index contributed by atoms with van der Waals surface area (Å²) in [6.07, 6.45) is 5.54. The molecule has 0 spiro atoms. The number of benzene rings is 1. The van der Waals surface area contributed by atoms with E-state index in [0.29, 0.717) is 29.7 Å². The van der Waals surface area contributed by atoms with Gasteiger partial charge in [-0.3, -0.25) is 0 Å². The minimum atomic E-state index is -0.473. The van der Waals surface area contributed by atoms with Gasteiger partial charge in [-0.2, -0.15) is 5.26 Å². The number of carbonyl (C=O) groups is 1. The van der Waals surface area contributed by atoms with Gasteiger partial charge in [0.2, 0.25) is 0 Å². The molecule has 1 amide bonds. The average molecular weight is 481 g/mol. The van der Waals surface area contributed by atoms with E-state index in [1.165, 1.54) is 0 Å². The number of hydrogen-bond acceptors (Lipinski definition) is 4. The van der Waals surface area contributed by atoms with Gasteiger partial charge in [0, 0.05) is 36.8 Å². The van der Waals surface area contributed by atoms with Gasteiger partial charge in [-0.05, 0) is 63.3 Å². The highest BCUT2D eigenvalue weighted by Gasteiger charge is 2.27. The standard InChI is InChI=1S/C25H27ClN4O2.C2H6/c1-25(2,3)32-24(31)29-11-8-18(9-12-29)16-30-13-10-20-21(30)15-28-23(26)22(20)19-6-4-17(14-27)5-7-19;1-2/h4-7,10,13,15,18H,8-9,11-12,16H2,1-3H3;1-2H3. The maximum atomic E-state index is 12.3. The van der Waals surface area contributed by atoms with Crippen molar-refractivity contribution in [2.75, 3.05) is 13.1 Å². The van der Waals surface area contributed by atoms with E-state index in [1.807, 2.05) is 52.9 Å². The number of ether oxygens (including phenoxy) is 1. The molecule has 7 heteroatoms. The lowest BCUT2D eigenvalue weighted by molar-refractivity contribution is 0.0178. The van der Waals surface area contributed by atoms with Gasteiger partial charge in [0.15, 0.2) is 0 Å². The zero-order valence-electron chi connectivity index (χ0n) is 20.6. The Kier molecular flexibility index (Phi) is 8.22. The third-order valence-corrected chi connectivity index (χ3v) is 6.09. The van der Waals surface area contributed by atoms with Crippen molar-refractivity contribution < 1.29 is 9.53 Å². The number of amides is 1. The number of piperidine rings is 1. The highest BCUT2D eigenvalue weighted by atomic mass is 35.5. The maximum Gasteiger partial charge on any atom is 0.410 e. The molecule has 1 saturated heterocycles. The molecule has 34 heavy (non-hydrogen) atoms. The normalized spacial score (nSPS) is 14.3. The number of pyridine rings is 1. The molecule has 3 aromatic rings. The first-order valence-corrected chi connectivity index (χ1v) is 12.2. The van der Waals surface area contributed by atoms with Crippen LogP contribution in [0.2, 0.25) is 5.15 Å². The van der Waals surface area contributed by atoms with Gasteiger partial charge in [-0.25, -0.2) is 9.78 Å². The highest BCUT2D eigenvalue weighted by Crippen LogP contribution is 2.35. The lowest BCUT2D eigenvalue weighted by Crippen LogP contribution is -2.42. The van der Waals surface area contributed by atoms with Gasteiger partial charge in [-0.1, -0.05) is 37.6 Å². The van der Waals surface area contributed by atoms with Crippen molar-refractivity contribution in [1.29, 1.82) is 5.26 Å². The fourth-order valence-electron chi connectivity index (χ4n) is 4.18. The molecule has 180 valence electrons. The fraction of sp³-hybridized carbons (Fsp3) is 0.444. The van der Waals surface area contributed by atoms with Crippen LogP contribution in [0, 0.1) is 17.2 Å². The van der Waals surface area contributed by atoms with Gasteiger partial charge >= 0.3 is 6.09 Å². The lowest BCUT2D eigenvalue weighted by Gasteiger charge is -2.33. The molecule has 6 nitrogen and oxygen atoms in total. The zero-order valence-corrected chi connectivity index (χ0v) is 21.4. The first kappa shape index (κ1) is 25.6. The molecule has 3 heterocycles. The van der Waals surface area contributed by atoms with Gasteiger partial charge in [0.05, 0.1) is 23.3 Å². The second-order valence-corrected chi connectivity index (χ2v) is 9.65. The molecule has 1 aliphatic rings. The average Bonchev–Trinajstić information content (AvgIpc) is 3.22. The molecule has 0 radical (unpaired) electrons. The Morgan fingerprint density at radius 2 is 1.82 bits per heavy atom. The SMILES string of the molecule is CC.CC(C)(C)OC(=O)N1CCC(Cn2ccc3c(-c4ccc(C#N)cc4)c(Cl)ncc32)CC1. The first-order chi connectivity index (χ1) is 16.2. The van der Waals surface area contributed by atoms with E-state index < -0.39 is 5.60 Å². The number of halogens is 1. The molecular weight excluding hydrogens is 448 g/mol. The van der Waals surface area contributed by atoms with Crippen molar-refractivity contribution in [3.63, 3.8) is 0 Å². The van der Waals surface area contributed by atoms with E-state index in [1.54, 1.807) is 17.0 Å². The quantitative estimate of drug-likeness (QED) is 0.382. The van der Waals surface area contributed by atoms with E-state index in [4.69, 9.17) is 21.6 Å². The van der Waals surface area contributed by atoms with Crippen LogP contribution in [0.3, 0.4) is 0 Å². The van der Waals surface area contributed by atoms with Gasteiger partial charge in [-0.15, -0.1) is 0 Å². The number of hydrogen-bond donors (Lipinski definition) is 0. The highest BCUT2D eigenvalue weighted by molar-refractivity contribution is 6.33. The van der Waals surface area contributed by atoms with Gasteiger partial charge in [0.25, 0.3) is 0 Å². The van der Waals surface area contributed by atoms with Crippen LogP contribution in [0.5, 0.6) is 0 Å². The molecule has 0 unspecified atom stereocenters. The summed E-state index contributed by atoms with van der Waals surface area (Å²) in [5.41, 5.74) is 2.99. The Morgan fingerprint density at radius 1 is 1.18 bits per heavy atom. The summed E-state index contributed by atoms with van der Waals surface area (Å²) in [4.78, 5) is 18.6. The summed E-state index contributed by atoms with van der Waals surface area (Å²) < 4.78 is 7.72. The van der Waals surface area contributed by atoms with E-state index in [9.17, 15) is 4.79 Å². The van der Waals surface area contributed by atoms with Gasteiger partial charge in [0.1, 0.15) is 10.8 Å². The second-order valence-electron chi connectivity index (χ2n) is 9.29. The van der Waals surface area contributed by atoms with Crippen LogP contribution in [0.1, 0.15) is 53.0 Å². The van der Waals surface area contributed by atoms with Crippen molar-refractivity contribution >= 4 is 28.6 Å². The zero-order chi connectivity index (χ0) is 24.9. The maximum absolute atomic E-state index is 12.3. The Balaban J connectivity index is 0.00000158. The predicted molar refractivity (Wildman–Crippen MR) is 137 cm³/mol. The van der Waals surface area contributed by atoms with E-state index in [2.05, 4.69) is 27.9 Å². The monoisotopic (exact) mass is 480 g/mol. The Labute approximate surface area is 207 Å². The van der Waals surface area contributed by atoms with Crippen molar-refractivity contribution in [1.82, 2.24) is 14.5 Å². The molecule has 1 fully saturated rings. The summed E-state index contributed by atoms with van der Waals surface area (Å²) >= 11 is 6.47. The van der Waals surface area contributed by atoms with E-state index in [-0.39, 0.29) is 6.09 Å². The van der Waals surface area contributed by atoms with Crippen molar-refractivity contribution in [2.24, 2.45) is 5.92 Å². The lowest BCUT2D eigenvalue weighted by atomic mass is 9.97. The van der Waals surface area contributed by atoms with Crippen molar-refractivity contribution in [3.8, 4) is 17.2 Å². The van der Waals surface area contributed by atoms with Crippen LogP contribution in [-0.4, -0.2) is 39.2 Å².